The fourth-order valence-electron chi connectivity index (χ4n) is 2.98. The number of nitrogens with zero attached hydrogens (tertiary/aromatic N) is 2. The molecule has 0 aliphatic carbocycles. The van der Waals surface area contributed by atoms with Crippen LogP contribution in [0.5, 0.6) is 0 Å². The topological polar surface area (TPSA) is 40.6 Å². The van der Waals surface area contributed by atoms with Gasteiger partial charge in [0, 0.05) is 48.1 Å². The van der Waals surface area contributed by atoms with Crippen LogP contribution in [0.15, 0.2) is 48.5 Å². The third kappa shape index (κ3) is 4.40. The Kier molecular flexibility index (Phi) is 6.22. The predicted molar refractivity (Wildman–Crippen MR) is 107 cm³/mol. The number of carbonyl (C=O) groups excluding carboxylic acids is 2. The lowest BCUT2D eigenvalue weighted by molar-refractivity contribution is 0.0535. The monoisotopic (exact) mass is 388 g/mol. The lowest BCUT2D eigenvalue weighted by atomic mass is 10.1. The molecule has 0 unspecified atom stereocenters. The average Bonchev–Trinajstić information content (AvgIpc) is 2.68. The van der Waals surface area contributed by atoms with Gasteiger partial charge in [-0.2, -0.15) is 11.8 Å². The van der Waals surface area contributed by atoms with E-state index < -0.39 is 0 Å². The molecule has 1 saturated heterocycles. The van der Waals surface area contributed by atoms with E-state index in [0.717, 1.165) is 5.75 Å². The molecular formula is C20H21ClN2O2S. The zero-order chi connectivity index (χ0) is 18.5. The van der Waals surface area contributed by atoms with Gasteiger partial charge in [0.25, 0.3) is 11.8 Å². The van der Waals surface area contributed by atoms with E-state index in [-0.39, 0.29) is 11.8 Å². The van der Waals surface area contributed by atoms with Crippen molar-refractivity contribution in [3.05, 3.63) is 70.2 Å². The van der Waals surface area contributed by atoms with Crippen LogP contribution >= 0.6 is 23.4 Å². The van der Waals surface area contributed by atoms with Crippen molar-refractivity contribution in [2.45, 2.75) is 5.75 Å². The minimum Gasteiger partial charge on any atom is -0.335 e. The smallest absolute Gasteiger partial charge is 0.253 e. The molecule has 0 bridgehead atoms. The van der Waals surface area contributed by atoms with Gasteiger partial charge in [-0.15, -0.1) is 0 Å². The highest BCUT2D eigenvalue weighted by atomic mass is 35.5. The van der Waals surface area contributed by atoms with Gasteiger partial charge >= 0.3 is 0 Å². The van der Waals surface area contributed by atoms with Gasteiger partial charge in [-0.1, -0.05) is 23.7 Å². The molecule has 0 aromatic heterocycles. The zero-order valence-electron chi connectivity index (χ0n) is 14.7. The maximum Gasteiger partial charge on any atom is 0.253 e. The maximum atomic E-state index is 12.7. The third-order valence-corrected chi connectivity index (χ3v) is 5.33. The van der Waals surface area contributed by atoms with Crippen LogP contribution in [0, 0.1) is 0 Å². The predicted octanol–water partition coefficient (Wildman–Crippen LogP) is 3.80. The van der Waals surface area contributed by atoms with Crippen molar-refractivity contribution in [3.63, 3.8) is 0 Å². The lowest BCUT2D eigenvalue weighted by Gasteiger charge is -2.35. The van der Waals surface area contributed by atoms with Gasteiger partial charge < -0.3 is 9.80 Å². The van der Waals surface area contributed by atoms with Gasteiger partial charge in [0.1, 0.15) is 0 Å². The van der Waals surface area contributed by atoms with Crippen LogP contribution in [0.1, 0.15) is 26.3 Å². The Hall–Kier alpha value is -1.98. The van der Waals surface area contributed by atoms with Crippen molar-refractivity contribution >= 4 is 35.2 Å². The van der Waals surface area contributed by atoms with Crippen LogP contribution in [0.2, 0.25) is 5.02 Å². The van der Waals surface area contributed by atoms with Crippen LogP contribution in [0.3, 0.4) is 0 Å². The van der Waals surface area contributed by atoms with E-state index in [1.54, 1.807) is 40.9 Å². The van der Waals surface area contributed by atoms with E-state index in [2.05, 4.69) is 6.26 Å². The first-order valence-electron chi connectivity index (χ1n) is 8.50. The molecule has 1 heterocycles. The molecule has 1 aliphatic rings. The highest BCUT2D eigenvalue weighted by Gasteiger charge is 2.25. The Balaban J connectivity index is 1.58. The van der Waals surface area contributed by atoms with Crippen LogP contribution in [-0.4, -0.2) is 54.0 Å². The molecule has 2 aromatic rings. The van der Waals surface area contributed by atoms with Crippen molar-refractivity contribution < 1.29 is 9.59 Å². The molecule has 1 aliphatic heterocycles. The molecule has 0 N–H and O–H groups in total. The molecule has 26 heavy (non-hydrogen) atoms. The number of amides is 2. The second-order valence-electron chi connectivity index (χ2n) is 6.22. The summed E-state index contributed by atoms with van der Waals surface area (Å²) in [5, 5.41) is 0.612. The Bertz CT molecular complexity index is 769. The zero-order valence-corrected chi connectivity index (χ0v) is 16.2. The van der Waals surface area contributed by atoms with E-state index in [1.165, 1.54) is 5.56 Å². The summed E-state index contributed by atoms with van der Waals surface area (Å²) in [6.07, 6.45) is 2.06. The molecular weight excluding hydrogens is 368 g/mol. The van der Waals surface area contributed by atoms with Crippen LogP contribution in [0.4, 0.5) is 0 Å². The summed E-state index contributed by atoms with van der Waals surface area (Å²) in [4.78, 5) is 28.8. The number of hydrogen-bond donors (Lipinski definition) is 0. The summed E-state index contributed by atoms with van der Waals surface area (Å²) in [7, 11) is 0. The summed E-state index contributed by atoms with van der Waals surface area (Å²) < 4.78 is 0. The Labute approximate surface area is 163 Å². The van der Waals surface area contributed by atoms with Crippen LogP contribution < -0.4 is 0 Å². The minimum absolute atomic E-state index is 0.0183. The molecule has 2 aromatic carbocycles. The Morgan fingerprint density at radius 3 is 1.69 bits per heavy atom. The van der Waals surface area contributed by atoms with Crippen molar-refractivity contribution in [1.82, 2.24) is 9.80 Å². The first-order valence-corrected chi connectivity index (χ1v) is 10.3. The molecule has 0 atom stereocenters. The van der Waals surface area contributed by atoms with Gasteiger partial charge in [0.05, 0.1) is 0 Å². The first-order chi connectivity index (χ1) is 12.6. The average molecular weight is 389 g/mol. The Morgan fingerprint density at radius 2 is 1.27 bits per heavy atom. The van der Waals surface area contributed by atoms with E-state index in [1.807, 2.05) is 29.2 Å². The van der Waals surface area contributed by atoms with Gasteiger partial charge in [0.2, 0.25) is 0 Å². The molecule has 0 saturated carbocycles. The molecule has 6 heteroatoms. The highest BCUT2D eigenvalue weighted by molar-refractivity contribution is 7.97. The third-order valence-electron chi connectivity index (χ3n) is 4.46. The molecule has 3 rings (SSSR count). The molecule has 0 spiro atoms. The number of rotatable bonds is 4. The van der Waals surface area contributed by atoms with Crippen LogP contribution in [-0.2, 0) is 5.75 Å². The summed E-state index contributed by atoms with van der Waals surface area (Å²) in [5.41, 5.74) is 2.54. The molecule has 2 amide bonds. The molecule has 136 valence electrons. The van der Waals surface area contributed by atoms with Crippen molar-refractivity contribution in [2.75, 3.05) is 32.4 Å². The van der Waals surface area contributed by atoms with E-state index in [4.69, 9.17) is 11.6 Å². The number of carbonyl (C=O) groups is 2. The Morgan fingerprint density at radius 1 is 0.846 bits per heavy atom. The van der Waals surface area contributed by atoms with Crippen molar-refractivity contribution in [3.8, 4) is 0 Å². The summed E-state index contributed by atoms with van der Waals surface area (Å²) in [6, 6.07) is 14.7. The number of benzene rings is 2. The van der Waals surface area contributed by atoms with Gasteiger partial charge in [0.15, 0.2) is 0 Å². The lowest BCUT2D eigenvalue weighted by Crippen LogP contribution is -2.50. The summed E-state index contributed by atoms with van der Waals surface area (Å²) >= 11 is 7.63. The fourth-order valence-corrected chi connectivity index (χ4v) is 3.63. The highest BCUT2D eigenvalue weighted by Crippen LogP contribution is 2.16. The normalized spacial score (nSPS) is 14.4. The van der Waals surface area contributed by atoms with Crippen molar-refractivity contribution in [1.29, 1.82) is 0 Å². The first kappa shape index (κ1) is 18.8. The second kappa shape index (κ2) is 8.60. The standard InChI is InChI=1S/C20H21ClN2O2S/c1-26-14-15-2-4-16(5-3-15)19(24)22-10-12-23(13-11-22)20(25)17-6-8-18(21)9-7-17/h2-9H,10-14H2,1H3. The SMILES string of the molecule is CSCc1ccc(C(=O)N2CCN(C(=O)c3ccc(Cl)cc3)CC2)cc1. The summed E-state index contributed by atoms with van der Waals surface area (Å²) in [5.74, 6) is 0.953. The van der Waals surface area contributed by atoms with Gasteiger partial charge in [-0.25, -0.2) is 0 Å². The number of hydrogen-bond acceptors (Lipinski definition) is 3. The molecule has 0 radical (unpaired) electrons. The minimum atomic E-state index is -0.0183. The van der Waals surface area contributed by atoms with E-state index >= 15 is 0 Å². The van der Waals surface area contributed by atoms with E-state index in [9.17, 15) is 9.59 Å². The second-order valence-corrected chi connectivity index (χ2v) is 7.52. The molecule has 4 nitrogen and oxygen atoms in total. The van der Waals surface area contributed by atoms with E-state index in [0.29, 0.717) is 42.3 Å². The number of thioether (sulfide) groups is 1. The number of piperazine rings is 1. The quantitative estimate of drug-likeness (QED) is 0.799. The fraction of sp³-hybridized carbons (Fsp3) is 0.300. The van der Waals surface area contributed by atoms with Gasteiger partial charge in [-0.3, -0.25) is 9.59 Å². The van der Waals surface area contributed by atoms with Crippen LogP contribution in [0.25, 0.3) is 0 Å². The largest absolute Gasteiger partial charge is 0.335 e. The van der Waals surface area contributed by atoms with Crippen molar-refractivity contribution in [2.24, 2.45) is 0 Å². The number of halogens is 1. The summed E-state index contributed by atoms with van der Waals surface area (Å²) in [6.45, 7) is 2.17. The molecule has 1 fully saturated rings. The maximum absolute atomic E-state index is 12.7. The van der Waals surface area contributed by atoms with Gasteiger partial charge in [-0.05, 0) is 48.2 Å².